The van der Waals surface area contributed by atoms with E-state index in [1.807, 2.05) is 24.5 Å². The Morgan fingerprint density at radius 1 is 0.536 bits per heavy atom. The van der Waals surface area contributed by atoms with Gasteiger partial charge in [0, 0.05) is 23.5 Å². The van der Waals surface area contributed by atoms with E-state index in [4.69, 9.17) is 15.0 Å². The van der Waals surface area contributed by atoms with Gasteiger partial charge in [-0.3, -0.25) is 9.97 Å². The standard InChI is InChI=1S/C25H19N3/c1-2-6-16(7-3-1)22-19-12-10-17-8-4-14-26-23(17)21(19)20-13-11-18-9-5-15-27-24(18)25(20)28-22/h1-9,14-15H,10-13H2. The van der Waals surface area contributed by atoms with Crippen molar-refractivity contribution in [3.05, 3.63) is 89.2 Å². The van der Waals surface area contributed by atoms with E-state index in [0.29, 0.717) is 0 Å². The van der Waals surface area contributed by atoms with Crippen molar-refractivity contribution in [2.75, 3.05) is 0 Å². The van der Waals surface area contributed by atoms with Gasteiger partial charge in [-0.25, -0.2) is 4.98 Å². The molecule has 0 radical (unpaired) electrons. The second kappa shape index (κ2) is 6.10. The van der Waals surface area contributed by atoms with Crippen LogP contribution in [-0.2, 0) is 25.7 Å². The van der Waals surface area contributed by atoms with Gasteiger partial charge in [0.1, 0.15) is 0 Å². The number of fused-ring (bicyclic) bond motifs is 7. The monoisotopic (exact) mass is 361 g/mol. The Balaban J connectivity index is 1.73. The summed E-state index contributed by atoms with van der Waals surface area (Å²) < 4.78 is 0. The maximum atomic E-state index is 5.22. The van der Waals surface area contributed by atoms with Crippen LogP contribution >= 0.6 is 0 Å². The minimum Gasteiger partial charge on any atom is -0.256 e. The van der Waals surface area contributed by atoms with Crippen molar-refractivity contribution in [1.29, 1.82) is 0 Å². The van der Waals surface area contributed by atoms with Crippen LogP contribution in [0, 0.1) is 0 Å². The Kier molecular flexibility index (Phi) is 3.42. The maximum Gasteiger partial charge on any atom is 0.0935 e. The largest absolute Gasteiger partial charge is 0.256 e. The molecule has 2 aliphatic rings. The van der Waals surface area contributed by atoms with Crippen molar-refractivity contribution in [3.8, 4) is 33.9 Å². The summed E-state index contributed by atoms with van der Waals surface area (Å²) >= 11 is 0. The Hall–Kier alpha value is -3.33. The van der Waals surface area contributed by atoms with E-state index in [2.05, 4.69) is 42.5 Å². The van der Waals surface area contributed by atoms with E-state index in [1.165, 1.54) is 33.4 Å². The SMILES string of the molecule is c1ccc(-c2nc3c(c4c2CCc2cccnc2-4)CCc2cccnc2-3)cc1. The number of nitrogens with zero attached hydrogens (tertiary/aromatic N) is 3. The van der Waals surface area contributed by atoms with Crippen molar-refractivity contribution >= 4 is 0 Å². The topological polar surface area (TPSA) is 38.7 Å². The molecule has 0 N–H and O–H groups in total. The van der Waals surface area contributed by atoms with Crippen LogP contribution in [0.4, 0.5) is 0 Å². The van der Waals surface area contributed by atoms with E-state index < -0.39 is 0 Å². The molecule has 3 aromatic heterocycles. The zero-order chi connectivity index (χ0) is 18.5. The third-order valence-electron chi connectivity index (χ3n) is 5.98. The lowest BCUT2D eigenvalue weighted by atomic mass is 9.79. The Morgan fingerprint density at radius 2 is 1.18 bits per heavy atom. The molecule has 4 aromatic rings. The molecule has 0 amide bonds. The second-order valence-electron chi connectivity index (χ2n) is 7.53. The number of hydrogen-bond donors (Lipinski definition) is 0. The zero-order valence-electron chi connectivity index (χ0n) is 15.5. The van der Waals surface area contributed by atoms with E-state index in [-0.39, 0.29) is 0 Å². The molecule has 0 unspecified atom stereocenters. The quantitative estimate of drug-likeness (QED) is 0.475. The molecular formula is C25H19N3. The summed E-state index contributed by atoms with van der Waals surface area (Å²) in [6.45, 7) is 0. The first-order valence-electron chi connectivity index (χ1n) is 9.90. The van der Waals surface area contributed by atoms with Crippen LogP contribution in [0.15, 0.2) is 67.0 Å². The average molecular weight is 361 g/mol. The predicted octanol–water partition coefficient (Wildman–Crippen LogP) is 5.07. The van der Waals surface area contributed by atoms with Gasteiger partial charge in [0.25, 0.3) is 0 Å². The number of pyridine rings is 3. The molecule has 0 aliphatic heterocycles. The minimum atomic E-state index is 0.994. The van der Waals surface area contributed by atoms with Crippen LogP contribution in [0.3, 0.4) is 0 Å². The van der Waals surface area contributed by atoms with Crippen LogP contribution in [-0.4, -0.2) is 15.0 Å². The molecule has 0 spiro atoms. The Bertz CT molecular complexity index is 1190. The summed E-state index contributed by atoms with van der Waals surface area (Å²) in [6.07, 6.45) is 7.83. The summed E-state index contributed by atoms with van der Waals surface area (Å²) in [6, 6.07) is 19.0. The maximum absolute atomic E-state index is 5.22. The van der Waals surface area contributed by atoms with Gasteiger partial charge >= 0.3 is 0 Å². The molecule has 3 heteroatoms. The highest BCUT2D eigenvalue weighted by molar-refractivity contribution is 5.86. The van der Waals surface area contributed by atoms with E-state index in [9.17, 15) is 0 Å². The van der Waals surface area contributed by atoms with Crippen LogP contribution in [0.1, 0.15) is 22.3 Å². The highest BCUT2D eigenvalue weighted by Crippen LogP contribution is 2.44. The van der Waals surface area contributed by atoms with Gasteiger partial charge in [-0.05, 0) is 60.1 Å². The lowest BCUT2D eigenvalue weighted by Crippen LogP contribution is -2.16. The second-order valence-corrected chi connectivity index (χ2v) is 7.53. The molecule has 134 valence electrons. The predicted molar refractivity (Wildman–Crippen MR) is 111 cm³/mol. The molecule has 1 aromatic carbocycles. The van der Waals surface area contributed by atoms with E-state index in [0.717, 1.165) is 48.5 Å². The fourth-order valence-corrected chi connectivity index (χ4v) is 4.71. The number of hydrogen-bond acceptors (Lipinski definition) is 3. The first kappa shape index (κ1) is 15.7. The fourth-order valence-electron chi connectivity index (χ4n) is 4.71. The van der Waals surface area contributed by atoms with Gasteiger partial charge in [-0.2, -0.15) is 0 Å². The summed E-state index contributed by atoms with van der Waals surface area (Å²) in [5.41, 5.74) is 12.1. The molecule has 0 saturated carbocycles. The lowest BCUT2D eigenvalue weighted by molar-refractivity contribution is 0.875. The molecule has 3 heterocycles. The molecule has 2 aliphatic carbocycles. The lowest BCUT2D eigenvalue weighted by Gasteiger charge is -2.28. The van der Waals surface area contributed by atoms with Gasteiger partial charge in [-0.15, -0.1) is 0 Å². The zero-order valence-corrected chi connectivity index (χ0v) is 15.5. The number of rotatable bonds is 1. The average Bonchev–Trinajstić information content (AvgIpc) is 2.78. The van der Waals surface area contributed by atoms with Crippen molar-refractivity contribution in [2.24, 2.45) is 0 Å². The molecule has 0 bridgehead atoms. The highest BCUT2D eigenvalue weighted by atomic mass is 14.8. The van der Waals surface area contributed by atoms with Crippen LogP contribution in [0.25, 0.3) is 33.9 Å². The summed E-state index contributed by atoms with van der Waals surface area (Å²) in [4.78, 5) is 14.7. The number of aryl methyl sites for hydroxylation is 2. The third kappa shape index (κ3) is 2.26. The Labute approximate surface area is 164 Å². The van der Waals surface area contributed by atoms with Crippen LogP contribution < -0.4 is 0 Å². The van der Waals surface area contributed by atoms with Crippen molar-refractivity contribution < 1.29 is 0 Å². The van der Waals surface area contributed by atoms with Gasteiger partial charge in [0.2, 0.25) is 0 Å². The summed E-state index contributed by atoms with van der Waals surface area (Å²) in [7, 11) is 0. The van der Waals surface area contributed by atoms with Gasteiger partial charge in [-0.1, -0.05) is 42.5 Å². The summed E-state index contributed by atoms with van der Waals surface area (Å²) in [5.74, 6) is 0. The normalized spacial score (nSPS) is 13.9. The van der Waals surface area contributed by atoms with Gasteiger partial charge in [0.15, 0.2) is 0 Å². The smallest absolute Gasteiger partial charge is 0.0935 e. The van der Waals surface area contributed by atoms with E-state index >= 15 is 0 Å². The first-order valence-corrected chi connectivity index (χ1v) is 9.90. The van der Waals surface area contributed by atoms with Gasteiger partial charge < -0.3 is 0 Å². The fraction of sp³-hybridized carbons (Fsp3) is 0.160. The minimum absolute atomic E-state index is 0.994. The molecule has 28 heavy (non-hydrogen) atoms. The first-order chi connectivity index (χ1) is 13.9. The molecule has 0 fully saturated rings. The number of benzene rings is 1. The van der Waals surface area contributed by atoms with Crippen molar-refractivity contribution in [2.45, 2.75) is 25.7 Å². The van der Waals surface area contributed by atoms with Crippen LogP contribution in [0.5, 0.6) is 0 Å². The molecule has 0 saturated heterocycles. The molecule has 3 nitrogen and oxygen atoms in total. The van der Waals surface area contributed by atoms with Crippen LogP contribution in [0.2, 0.25) is 0 Å². The highest BCUT2D eigenvalue weighted by Gasteiger charge is 2.30. The summed E-state index contributed by atoms with van der Waals surface area (Å²) in [5, 5.41) is 0. The third-order valence-corrected chi connectivity index (χ3v) is 5.98. The number of aromatic nitrogens is 3. The molecular weight excluding hydrogens is 342 g/mol. The molecule has 0 atom stereocenters. The Morgan fingerprint density at radius 3 is 1.93 bits per heavy atom. The van der Waals surface area contributed by atoms with Gasteiger partial charge in [0.05, 0.1) is 22.8 Å². The van der Waals surface area contributed by atoms with E-state index in [1.54, 1.807) is 0 Å². The van der Waals surface area contributed by atoms with Crippen molar-refractivity contribution in [3.63, 3.8) is 0 Å². The molecule has 6 rings (SSSR count). The van der Waals surface area contributed by atoms with Crippen molar-refractivity contribution in [1.82, 2.24) is 15.0 Å².